The van der Waals surface area contributed by atoms with Gasteiger partial charge in [0.15, 0.2) is 0 Å². The molecule has 1 saturated heterocycles. The van der Waals surface area contributed by atoms with Crippen LogP contribution in [0.4, 0.5) is 0 Å². The average molecular weight is 210 g/mol. The second-order valence-electron chi connectivity index (χ2n) is 3.22. The minimum atomic E-state index is -2.44. The zero-order valence-corrected chi connectivity index (χ0v) is 7.32. The Kier molecular flexibility index (Phi) is 3.43. The van der Waals surface area contributed by atoms with Crippen LogP contribution in [-0.4, -0.2) is 74.1 Å². The van der Waals surface area contributed by atoms with Gasteiger partial charge in [-0.1, -0.05) is 0 Å². The summed E-state index contributed by atoms with van der Waals surface area (Å²) in [6.45, 7) is -1.45. The van der Waals surface area contributed by atoms with E-state index < -0.39 is 43.4 Å². The monoisotopic (exact) mass is 210 g/mol. The van der Waals surface area contributed by atoms with Crippen LogP contribution < -0.4 is 0 Å². The van der Waals surface area contributed by atoms with E-state index in [1.807, 2.05) is 0 Å². The van der Waals surface area contributed by atoms with E-state index in [9.17, 15) is 15.3 Å². The molecule has 7 heteroatoms. The number of hydrogen-bond acceptors (Lipinski definition) is 7. The lowest BCUT2D eigenvalue weighted by atomic mass is 10.0. The summed E-state index contributed by atoms with van der Waals surface area (Å²) >= 11 is 0. The van der Waals surface area contributed by atoms with Crippen LogP contribution in [0.1, 0.15) is 0 Å². The van der Waals surface area contributed by atoms with Crippen molar-refractivity contribution < 1.29 is 35.4 Å². The SMILES string of the molecule is OCC1OC(O)(C(O)CO)C(O)C1O. The van der Waals surface area contributed by atoms with Crippen LogP contribution in [-0.2, 0) is 4.74 Å². The molecule has 0 aromatic carbocycles. The van der Waals surface area contributed by atoms with Crippen LogP contribution in [0, 0.1) is 0 Å². The minimum absolute atomic E-state index is 0.612. The van der Waals surface area contributed by atoms with Crippen LogP contribution in [0.15, 0.2) is 0 Å². The summed E-state index contributed by atoms with van der Waals surface area (Å²) in [5, 5.41) is 54.5. The predicted octanol–water partition coefficient (Wildman–Crippen LogP) is -3.86. The number of hydrogen-bond donors (Lipinski definition) is 6. The van der Waals surface area contributed by atoms with E-state index in [-0.39, 0.29) is 0 Å². The van der Waals surface area contributed by atoms with Crippen molar-refractivity contribution in [3.63, 3.8) is 0 Å². The molecule has 14 heavy (non-hydrogen) atoms. The number of ether oxygens (including phenoxy) is 1. The molecule has 0 saturated carbocycles. The summed E-state index contributed by atoms with van der Waals surface area (Å²) < 4.78 is 4.67. The summed E-state index contributed by atoms with van der Waals surface area (Å²) in [7, 11) is 0. The highest BCUT2D eigenvalue weighted by Gasteiger charge is 2.56. The molecule has 1 rings (SSSR count). The summed E-state index contributed by atoms with van der Waals surface area (Å²) in [6.07, 6.45) is -6.21. The van der Waals surface area contributed by atoms with Gasteiger partial charge in [-0.3, -0.25) is 0 Å². The fourth-order valence-corrected chi connectivity index (χ4v) is 1.38. The largest absolute Gasteiger partial charge is 0.394 e. The maximum atomic E-state index is 9.55. The van der Waals surface area contributed by atoms with E-state index in [0.717, 1.165) is 0 Å². The standard InChI is InChI=1S/C7H14O7/c8-1-3-5(11)6(12)7(13,14-3)4(10)2-9/h3-6,8-13H,1-2H2. The third-order valence-corrected chi connectivity index (χ3v) is 2.30. The van der Waals surface area contributed by atoms with Crippen molar-refractivity contribution in [3.8, 4) is 0 Å². The molecule has 1 heterocycles. The lowest BCUT2D eigenvalue weighted by molar-refractivity contribution is -0.283. The molecular weight excluding hydrogens is 196 g/mol. The second kappa shape index (κ2) is 4.07. The molecule has 6 N–H and O–H groups in total. The normalized spacial score (nSPS) is 45.4. The van der Waals surface area contributed by atoms with E-state index in [4.69, 9.17) is 15.3 Å². The van der Waals surface area contributed by atoms with Crippen molar-refractivity contribution in [2.45, 2.75) is 30.2 Å². The number of rotatable bonds is 3. The molecule has 1 aliphatic rings. The topological polar surface area (TPSA) is 131 Å². The highest BCUT2D eigenvalue weighted by Crippen LogP contribution is 2.31. The highest BCUT2D eigenvalue weighted by atomic mass is 16.7. The molecule has 0 spiro atoms. The quantitative estimate of drug-likeness (QED) is 0.281. The Labute approximate surface area is 79.8 Å². The smallest absolute Gasteiger partial charge is 0.224 e. The van der Waals surface area contributed by atoms with Crippen LogP contribution in [0.25, 0.3) is 0 Å². The van der Waals surface area contributed by atoms with Gasteiger partial charge in [0.2, 0.25) is 5.79 Å². The predicted molar refractivity (Wildman–Crippen MR) is 42.0 cm³/mol. The lowest BCUT2D eigenvalue weighted by Gasteiger charge is -2.29. The van der Waals surface area contributed by atoms with Crippen LogP contribution in [0.2, 0.25) is 0 Å². The molecule has 0 bridgehead atoms. The zero-order valence-electron chi connectivity index (χ0n) is 7.32. The Balaban J connectivity index is 2.81. The number of aliphatic hydroxyl groups is 6. The Morgan fingerprint density at radius 2 is 1.86 bits per heavy atom. The van der Waals surface area contributed by atoms with Crippen molar-refractivity contribution in [2.75, 3.05) is 13.2 Å². The molecule has 1 fully saturated rings. The van der Waals surface area contributed by atoms with E-state index in [2.05, 4.69) is 4.74 Å². The first-order chi connectivity index (χ1) is 6.47. The van der Waals surface area contributed by atoms with Crippen molar-refractivity contribution in [1.29, 1.82) is 0 Å². The number of aliphatic hydroxyl groups excluding tert-OH is 5. The molecule has 5 atom stereocenters. The van der Waals surface area contributed by atoms with E-state index in [1.165, 1.54) is 0 Å². The minimum Gasteiger partial charge on any atom is -0.394 e. The van der Waals surface area contributed by atoms with Crippen LogP contribution >= 0.6 is 0 Å². The van der Waals surface area contributed by atoms with Gasteiger partial charge in [0.25, 0.3) is 0 Å². The average Bonchev–Trinajstić information content (AvgIpc) is 2.42. The first-order valence-electron chi connectivity index (χ1n) is 4.13. The summed E-state index contributed by atoms with van der Waals surface area (Å²) in [5.41, 5.74) is 0. The highest BCUT2D eigenvalue weighted by molar-refractivity contribution is 4.98. The van der Waals surface area contributed by atoms with E-state index >= 15 is 0 Å². The molecule has 0 aromatic heterocycles. The van der Waals surface area contributed by atoms with Gasteiger partial charge in [0, 0.05) is 0 Å². The third-order valence-electron chi connectivity index (χ3n) is 2.30. The van der Waals surface area contributed by atoms with Crippen molar-refractivity contribution in [2.24, 2.45) is 0 Å². The third kappa shape index (κ3) is 1.63. The zero-order chi connectivity index (χ0) is 10.9. The Morgan fingerprint density at radius 1 is 1.29 bits per heavy atom. The van der Waals surface area contributed by atoms with E-state index in [0.29, 0.717) is 0 Å². The van der Waals surface area contributed by atoms with E-state index in [1.54, 1.807) is 0 Å². The molecule has 7 nitrogen and oxygen atoms in total. The van der Waals surface area contributed by atoms with Gasteiger partial charge in [-0.05, 0) is 0 Å². The maximum absolute atomic E-state index is 9.55. The van der Waals surface area contributed by atoms with Crippen LogP contribution in [0.5, 0.6) is 0 Å². The molecule has 0 aromatic rings. The first-order valence-corrected chi connectivity index (χ1v) is 4.13. The van der Waals surface area contributed by atoms with Gasteiger partial charge in [0.05, 0.1) is 13.2 Å². The fraction of sp³-hybridized carbons (Fsp3) is 1.00. The van der Waals surface area contributed by atoms with Gasteiger partial charge >= 0.3 is 0 Å². The van der Waals surface area contributed by atoms with Gasteiger partial charge in [-0.2, -0.15) is 0 Å². The van der Waals surface area contributed by atoms with Crippen LogP contribution in [0.3, 0.4) is 0 Å². The maximum Gasteiger partial charge on any atom is 0.224 e. The summed E-state index contributed by atoms with van der Waals surface area (Å²) in [4.78, 5) is 0. The second-order valence-corrected chi connectivity index (χ2v) is 3.22. The summed E-state index contributed by atoms with van der Waals surface area (Å²) in [5.74, 6) is -2.44. The molecule has 0 aliphatic carbocycles. The summed E-state index contributed by atoms with van der Waals surface area (Å²) in [6, 6.07) is 0. The Hall–Kier alpha value is -0.280. The van der Waals surface area contributed by atoms with Gasteiger partial charge < -0.3 is 35.4 Å². The van der Waals surface area contributed by atoms with Gasteiger partial charge in [-0.25, -0.2) is 0 Å². The Morgan fingerprint density at radius 3 is 2.21 bits per heavy atom. The molecule has 0 amide bonds. The molecule has 5 unspecified atom stereocenters. The van der Waals surface area contributed by atoms with Crippen molar-refractivity contribution in [1.82, 2.24) is 0 Å². The first kappa shape index (κ1) is 11.8. The molecule has 1 aliphatic heterocycles. The molecule has 84 valence electrons. The van der Waals surface area contributed by atoms with Crippen molar-refractivity contribution in [3.05, 3.63) is 0 Å². The lowest BCUT2D eigenvalue weighted by Crippen LogP contribution is -2.53. The van der Waals surface area contributed by atoms with Gasteiger partial charge in [0.1, 0.15) is 24.4 Å². The Bertz CT molecular complexity index is 196. The molecule has 0 radical (unpaired) electrons. The van der Waals surface area contributed by atoms with Crippen molar-refractivity contribution >= 4 is 0 Å². The fourth-order valence-electron chi connectivity index (χ4n) is 1.38. The van der Waals surface area contributed by atoms with Gasteiger partial charge in [-0.15, -0.1) is 0 Å². The molecular formula is C7H14O7.